The van der Waals surface area contributed by atoms with Gasteiger partial charge in [-0.25, -0.2) is 0 Å². The third kappa shape index (κ3) is 4.96. The maximum atomic E-state index is 9.75. The Morgan fingerprint density at radius 1 is 1.20 bits per heavy atom. The van der Waals surface area contributed by atoms with Gasteiger partial charge in [0.15, 0.2) is 0 Å². The molecule has 0 bridgehead atoms. The van der Waals surface area contributed by atoms with Crippen molar-refractivity contribution in [3.05, 3.63) is 35.9 Å². The lowest BCUT2D eigenvalue weighted by Crippen LogP contribution is -2.07. The van der Waals surface area contributed by atoms with E-state index in [0.29, 0.717) is 6.61 Å². The molecule has 0 aliphatic heterocycles. The predicted octanol–water partition coefficient (Wildman–Crippen LogP) is 2.93. The molecule has 0 fully saturated rings. The fourth-order valence-electron chi connectivity index (χ4n) is 1.42. The van der Waals surface area contributed by atoms with E-state index in [1.807, 2.05) is 30.3 Å². The Hall–Kier alpha value is -0.860. The van der Waals surface area contributed by atoms with Crippen molar-refractivity contribution >= 4 is 0 Å². The highest BCUT2D eigenvalue weighted by Gasteiger charge is 2.05. The van der Waals surface area contributed by atoms with Crippen molar-refractivity contribution in [3.63, 3.8) is 0 Å². The average molecular weight is 208 g/mol. The second-order valence-corrected chi connectivity index (χ2v) is 3.71. The van der Waals surface area contributed by atoms with Crippen LogP contribution in [0.15, 0.2) is 30.3 Å². The van der Waals surface area contributed by atoms with Gasteiger partial charge in [0, 0.05) is 6.61 Å². The topological polar surface area (TPSA) is 29.5 Å². The molecular weight excluding hydrogens is 188 g/mol. The maximum absolute atomic E-state index is 9.75. The zero-order valence-electron chi connectivity index (χ0n) is 9.36. The number of unbranched alkanes of at least 4 members (excludes halogenated alkanes) is 2. The molecule has 0 amide bonds. The van der Waals surface area contributed by atoms with Gasteiger partial charge in [-0.2, -0.15) is 0 Å². The van der Waals surface area contributed by atoms with Crippen molar-refractivity contribution in [1.82, 2.24) is 0 Å². The maximum Gasteiger partial charge on any atom is 0.102 e. The second kappa shape index (κ2) is 7.43. The van der Waals surface area contributed by atoms with Crippen molar-refractivity contribution in [2.24, 2.45) is 0 Å². The molecule has 15 heavy (non-hydrogen) atoms. The van der Waals surface area contributed by atoms with Crippen molar-refractivity contribution in [2.75, 3.05) is 13.2 Å². The minimum absolute atomic E-state index is 0.397. The highest BCUT2D eigenvalue weighted by Crippen LogP contribution is 2.12. The summed E-state index contributed by atoms with van der Waals surface area (Å²) in [5.74, 6) is 0. The van der Waals surface area contributed by atoms with Gasteiger partial charge in [-0.3, -0.25) is 0 Å². The second-order valence-electron chi connectivity index (χ2n) is 3.71. The largest absolute Gasteiger partial charge is 0.386 e. The molecule has 1 aromatic rings. The summed E-state index contributed by atoms with van der Waals surface area (Å²) in [6, 6.07) is 9.63. The lowest BCUT2D eigenvalue weighted by atomic mass is 10.1. The normalized spacial score (nSPS) is 12.7. The van der Waals surface area contributed by atoms with Crippen LogP contribution in [0.2, 0.25) is 0 Å². The van der Waals surface area contributed by atoms with Gasteiger partial charge in [0.1, 0.15) is 6.10 Å². The molecule has 1 unspecified atom stereocenters. The summed E-state index contributed by atoms with van der Waals surface area (Å²) in [6.07, 6.45) is 2.98. The van der Waals surface area contributed by atoms with Crippen molar-refractivity contribution < 1.29 is 9.84 Å². The summed E-state index contributed by atoms with van der Waals surface area (Å²) in [6.45, 7) is 3.31. The van der Waals surface area contributed by atoms with E-state index in [9.17, 15) is 5.11 Å². The van der Waals surface area contributed by atoms with Crippen LogP contribution in [0.5, 0.6) is 0 Å². The molecule has 0 spiro atoms. The Morgan fingerprint density at radius 3 is 2.60 bits per heavy atom. The van der Waals surface area contributed by atoms with Gasteiger partial charge >= 0.3 is 0 Å². The number of rotatable bonds is 7. The lowest BCUT2D eigenvalue weighted by molar-refractivity contribution is 0.0345. The Balaban J connectivity index is 2.16. The van der Waals surface area contributed by atoms with E-state index < -0.39 is 6.10 Å². The molecule has 1 atom stereocenters. The molecule has 2 nitrogen and oxygen atoms in total. The lowest BCUT2D eigenvalue weighted by Gasteiger charge is -2.11. The van der Waals surface area contributed by atoms with Crippen LogP contribution in [0.1, 0.15) is 37.9 Å². The van der Waals surface area contributed by atoms with E-state index >= 15 is 0 Å². The van der Waals surface area contributed by atoms with E-state index in [2.05, 4.69) is 6.92 Å². The summed E-state index contributed by atoms with van der Waals surface area (Å²) in [7, 11) is 0. The third-order valence-corrected chi connectivity index (χ3v) is 2.35. The monoisotopic (exact) mass is 208 g/mol. The van der Waals surface area contributed by atoms with E-state index in [1.165, 1.54) is 12.8 Å². The molecule has 0 radical (unpaired) electrons. The third-order valence-electron chi connectivity index (χ3n) is 2.35. The quantitative estimate of drug-likeness (QED) is 0.698. The molecule has 1 rings (SSSR count). The van der Waals surface area contributed by atoms with Gasteiger partial charge in [-0.05, 0) is 12.0 Å². The van der Waals surface area contributed by atoms with Gasteiger partial charge in [0.05, 0.1) is 6.61 Å². The van der Waals surface area contributed by atoms with E-state index in [1.54, 1.807) is 0 Å². The Kier molecular flexibility index (Phi) is 6.05. The van der Waals surface area contributed by atoms with E-state index in [4.69, 9.17) is 4.74 Å². The van der Waals surface area contributed by atoms with Crippen LogP contribution in [0, 0.1) is 0 Å². The number of ether oxygens (including phenoxy) is 1. The van der Waals surface area contributed by atoms with Crippen molar-refractivity contribution in [2.45, 2.75) is 32.3 Å². The summed E-state index contributed by atoms with van der Waals surface area (Å²) < 4.78 is 5.40. The number of hydrogen-bond donors (Lipinski definition) is 1. The molecule has 0 heterocycles. The molecule has 0 saturated carbocycles. The first-order valence-corrected chi connectivity index (χ1v) is 5.65. The van der Waals surface area contributed by atoms with Crippen LogP contribution in [0.4, 0.5) is 0 Å². The van der Waals surface area contributed by atoms with Crippen LogP contribution in [-0.2, 0) is 4.74 Å². The smallest absolute Gasteiger partial charge is 0.102 e. The number of aliphatic hydroxyl groups is 1. The van der Waals surface area contributed by atoms with Crippen molar-refractivity contribution in [3.8, 4) is 0 Å². The van der Waals surface area contributed by atoms with Crippen molar-refractivity contribution in [1.29, 1.82) is 0 Å². The molecule has 84 valence electrons. The van der Waals surface area contributed by atoms with Gasteiger partial charge in [0.25, 0.3) is 0 Å². The standard InChI is InChI=1S/C13H20O2/c1-2-3-7-10-15-11-13(14)12-8-5-4-6-9-12/h4-6,8-9,13-14H,2-3,7,10-11H2,1H3. The summed E-state index contributed by atoms with van der Waals surface area (Å²) in [5.41, 5.74) is 0.924. The van der Waals surface area contributed by atoms with Crippen LogP contribution in [-0.4, -0.2) is 18.3 Å². The van der Waals surface area contributed by atoms with Gasteiger partial charge < -0.3 is 9.84 Å². The zero-order chi connectivity index (χ0) is 10.9. The zero-order valence-corrected chi connectivity index (χ0v) is 9.36. The molecule has 0 aromatic heterocycles. The van der Waals surface area contributed by atoms with Crippen LogP contribution < -0.4 is 0 Å². The summed E-state index contributed by atoms with van der Waals surface area (Å²) in [5, 5.41) is 9.75. The Labute approximate surface area is 91.9 Å². The number of benzene rings is 1. The summed E-state index contributed by atoms with van der Waals surface area (Å²) in [4.78, 5) is 0. The number of aliphatic hydroxyl groups excluding tert-OH is 1. The SMILES string of the molecule is CCCCCOCC(O)c1ccccc1. The highest BCUT2D eigenvalue weighted by molar-refractivity contribution is 5.17. The Bertz CT molecular complexity index is 246. The fourth-order valence-corrected chi connectivity index (χ4v) is 1.42. The molecular formula is C13H20O2. The van der Waals surface area contributed by atoms with Crippen LogP contribution >= 0.6 is 0 Å². The molecule has 1 N–H and O–H groups in total. The van der Waals surface area contributed by atoms with Gasteiger partial charge in [-0.1, -0.05) is 50.1 Å². The first-order valence-electron chi connectivity index (χ1n) is 5.65. The minimum Gasteiger partial charge on any atom is -0.386 e. The highest BCUT2D eigenvalue weighted by atomic mass is 16.5. The summed E-state index contributed by atoms with van der Waals surface area (Å²) >= 11 is 0. The number of hydrogen-bond acceptors (Lipinski definition) is 2. The van der Waals surface area contributed by atoms with Gasteiger partial charge in [0.2, 0.25) is 0 Å². The van der Waals surface area contributed by atoms with Crippen LogP contribution in [0.3, 0.4) is 0 Å². The molecule has 2 heteroatoms. The van der Waals surface area contributed by atoms with E-state index in [-0.39, 0.29) is 0 Å². The molecule has 0 aliphatic rings. The van der Waals surface area contributed by atoms with E-state index in [0.717, 1.165) is 18.6 Å². The molecule has 0 saturated heterocycles. The average Bonchev–Trinajstić information content (AvgIpc) is 2.30. The minimum atomic E-state index is -0.493. The first-order chi connectivity index (χ1) is 7.34. The Morgan fingerprint density at radius 2 is 1.93 bits per heavy atom. The van der Waals surface area contributed by atoms with Crippen LogP contribution in [0.25, 0.3) is 0 Å². The van der Waals surface area contributed by atoms with Gasteiger partial charge in [-0.15, -0.1) is 0 Å². The fraction of sp³-hybridized carbons (Fsp3) is 0.538. The predicted molar refractivity (Wildman–Crippen MR) is 61.7 cm³/mol. The molecule has 1 aromatic carbocycles. The molecule has 0 aliphatic carbocycles. The first kappa shape index (κ1) is 12.2.